The Morgan fingerprint density at radius 2 is 1.71 bits per heavy atom. The van der Waals surface area contributed by atoms with Gasteiger partial charge in [0.15, 0.2) is 0 Å². The van der Waals surface area contributed by atoms with Gasteiger partial charge in [-0.05, 0) is 55.3 Å². The van der Waals surface area contributed by atoms with E-state index in [0.29, 0.717) is 11.0 Å². The largest absolute Gasteiger partial charge is 0.358 e. The highest BCUT2D eigenvalue weighted by Crippen LogP contribution is 2.23. The van der Waals surface area contributed by atoms with Crippen LogP contribution in [-0.4, -0.2) is 22.5 Å². The molecule has 0 aliphatic carbocycles. The number of aromatic nitrogens is 3. The van der Waals surface area contributed by atoms with Gasteiger partial charge in [0, 0.05) is 37.2 Å². The third-order valence-corrected chi connectivity index (χ3v) is 6.79. The van der Waals surface area contributed by atoms with Crippen molar-refractivity contribution in [3.63, 3.8) is 0 Å². The van der Waals surface area contributed by atoms with E-state index >= 15 is 0 Å². The smallest absolute Gasteiger partial charge is 0.328 e. The van der Waals surface area contributed by atoms with Gasteiger partial charge in [-0.15, -0.1) is 0 Å². The van der Waals surface area contributed by atoms with Crippen LogP contribution in [0.25, 0.3) is 21.9 Å². The Balaban J connectivity index is 1.64. The van der Waals surface area contributed by atoms with Crippen LogP contribution < -0.4 is 10.4 Å². The highest BCUT2D eigenvalue weighted by molar-refractivity contribution is 7.89. The summed E-state index contributed by atoms with van der Waals surface area (Å²) in [6.07, 6.45) is 0. The fraction of sp³-hybridized carbons (Fsp3) is 0.250. The third-order valence-electron chi connectivity index (χ3n) is 5.39. The number of nitrogens with one attached hydrogen (secondary N) is 2. The van der Waals surface area contributed by atoms with E-state index in [0.717, 1.165) is 27.7 Å². The molecule has 28 heavy (non-hydrogen) atoms. The summed E-state index contributed by atoms with van der Waals surface area (Å²) in [6, 6.07) is 10.6. The van der Waals surface area contributed by atoms with Gasteiger partial charge in [-0.25, -0.2) is 17.9 Å². The molecule has 2 aromatic heterocycles. The van der Waals surface area contributed by atoms with Gasteiger partial charge in [-0.1, -0.05) is 6.07 Å². The predicted octanol–water partition coefficient (Wildman–Crippen LogP) is 2.45. The summed E-state index contributed by atoms with van der Waals surface area (Å²) in [5.41, 5.74) is 5.27. The molecule has 0 spiro atoms. The molecule has 0 aliphatic heterocycles. The zero-order valence-corrected chi connectivity index (χ0v) is 17.0. The maximum atomic E-state index is 12.8. The van der Waals surface area contributed by atoms with Crippen LogP contribution in [0.4, 0.5) is 0 Å². The summed E-state index contributed by atoms with van der Waals surface area (Å²) in [7, 11) is -0.416. The maximum absolute atomic E-state index is 12.8. The second-order valence-electron chi connectivity index (χ2n) is 7.13. The first kappa shape index (κ1) is 18.5. The Kier molecular flexibility index (Phi) is 4.20. The molecular formula is C20H22N4O3S. The second kappa shape index (κ2) is 6.35. The maximum Gasteiger partial charge on any atom is 0.328 e. The lowest BCUT2D eigenvalue weighted by Crippen LogP contribution is -2.23. The first-order valence-electron chi connectivity index (χ1n) is 8.92. The van der Waals surface area contributed by atoms with Gasteiger partial charge in [0.1, 0.15) is 0 Å². The lowest BCUT2D eigenvalue weighted by molar-refractivity contribution is 0.581. The average Bonchev–Trinajstić information content (AvgIpc) is 3.08. The van der Waals surface area contributed by atoms with Crippen molar-refractivity contribution >= 4 is 32.0 Å². The summed E-state index contributed by atoms with van der Waals surface area (Å²) < 4.78 is 31.1. The highest BCUT2D eigenvalue weighted by atomic mass is 32.2. The highest BCUT2D eigenvalue weighted by Gasteiger charge is 2.17. The summed E-state index contributed by atoms with van der Waals surface area (Å²) >= 11 is 0. The first-order valence-corrected chi connectivity index (χ1v) is 10.4. The van der Waals surface area contributed by atoms with Crippen molar-refractivity contribution in [3.05, 3.63) is 63.7 Å². The number of fused-ring (bicyclic) bond motifs is 2. The normalized spacial score (nSPS) is 12.3. The van der Waals surface area contributed by atoms with E-state index in [1.807, 2.05) is 32.0 Å². The van der Waals surface area contributed by atoms with Gasteiger partial charge < -0.3 is 4.98 Å². The van der Waals surface area contributed by atoms with Crippen LogP contribution in [0.15, 0.2) is 46.1 Å². The van der Waals surface area contributed by atoms with Crippen LogP contribution in [0.5, 0.6) is 0 Å². The molecule has 0 radical (unpaired) electrons. The first-order chi connectivity index (χ1) is 13.2. The molecule has 0 atom stereocenters. The molecule has 2 aromatic carbocycles. The van der Waals surface area contributed by atoms with Crippen molar-refractivity contribution in [2.24, 2.45) is 14.1 Å². The van der Waals surface area contributed by atoms with Gasteiger partial charge in [-0.2, -0.15) is 0 Å². The topological polar surface area (TPSA) is 88.9 Å². The molecule has 7 nitrogen and oxygen atoms in total. The second-order valence-corrected chi connectivity index (χ2v) is 8.90. The minimum Gasteiger partial charge on any atom is -0.358 e. The minimum absolute atomic E-state index is 0.135. The van der Waals surface area contributed by atoms with E-state index in [2.05, 4.69) is 9.71 Å². The number of aryl methyl sites for hydroxylation is 4. The number of benzene rings is 2. The third kappa shape index (κ3) is 2.85. The molecule has 0 bridgehead atoms. The fourth-order valence-corrected chi connectivity index (χ4v) is 4.57. The van der Waals surface area contributed by atoms with E-state index < -0.39 is 10.0 Å². The van der Waals surface area contributed by atoms with Crippen LogP contribution in [-0.2, 0) is 30.7 Å². The van der Waals surface area contributed by atoms with Gasteiger partial charge >= 0.3 is 5.69 Å². The van der Waals surface area contributed by atoms with E-state index in [4.69, 9.17) is 0 Å². The molecule has 0 unspecified atom stereocenters. The Morgan fingerprint density at radius 3 is 2.46 bits per heavy atom. The van der Waals surface area contributed by atoms with Crippen molar-refractivity contribution < 1.29 is 8.42 Å². The van der Waals surface area contributed by atoms with Gasteiger partial charge in [0.05, 0.1) is 15.9 Å². The summed E-state index contributed by atoms with van der Waals surface area (Å²) in [5, 5.41) is 1.09. The van der Waals surface area contributed by atoms with Gasteiger partial charge in [0.25, 0.3) is 0 Å². The Morgan fingerprint density at radius 1 is 1.00 bits per heavy atom. The summed E-state index contributed by atoms with van der Waals surface area (Å²) in [4.78, 5) is 15.5. The Hall–Kier alpha value is -2.84. The van der Waals surface area contributed by atoms with Crippen molar-refractivity contribution in [3.8, 4) is 0 Å². The number of rotatable bonds is 4. The van der Waals surface area contributed by atoms with Gasteiger partial charge in [0.2, 0.25) is 10.0 Å². The lowest BCUT2D eigenvalue weighted by Gasteiger charge is -2.08. The van der Waals surface area contributed by atoms with E-state index in [1.165, 1.54) is 21.3 Å². The van der Waals surface area contributed by atoms with Gasteiger partial charge in [-0.3, -0.25) is 9.13 Å². The molecule has 4 rings (SSSR count). The fourth-order valence-electron chi connectivity index (χ4n) is 3.53. The SMILES string of the molecule is Cc1[nH]c2ccc(CNS(=O)(=O)c3ccc4c(c3)n(C)c(=O)n4C)cc2c1C. The van der Waals surface area contributed by atoms with Crippen LogP contribution in [0.3, 0.4) is 0 Å². The molecule has 4 aromatic rings. The van der Waals surface area contributed by atoms with E-state index in [9.17, 15) is 13.2 Å². The number of hydrogen-bond donors (Lipinski definition) is 2. The van der Waals surface area contributed by atoms with Crippen LogP contribution in [0.2, 0.25) is 0 Å². The standard InChI is InChI=1S/C20H22N4O3S/c1-12-13(2)22-17-7-5-14(9-16(12)17)11-21-28(26,27)15-6-8-18-19(10-15)24(4)20(25)23(18)3/h5-10,21-22H,11H2,1-4H3. The zero-order valence-electron chi connectivity index (χ0n) is 16.2. The predicted molar refractivity (Wildman–Crippen MR) is 110 cm³/mol. The van der Waals surface area contributed by atoms with Crippen LogP contribution >= 0.6 is 0 Å². The number of nitrogens with zero attached hydrogens (tertiary/aromatic N) is 2. The molecule has 2 N–H and O–H groups in total. The molecule has 146 valence electrons. The quantitative estimate of drug-likeness (QED) is 0.553. The van der Waals surface area contributed by atoms with Crippen LogP contribution in [0, 0.1) is 13.8 Å². The molecule has 0 saturated carbocycles. The van der Waals surface area contributed by atoms with Crippen molar-refractivity contribution in [2.75, 3.05) is 0 Å². The summed E-state index contributed by atoms with van der Waals surface area (Å²) in [6.45, 7) is 4.25. The van der Waals surface area contributed by atoms with Crippen molar-refractivity contribution in [1.82, 2.24) is 18.8 Å². The van der Waals surface area contributed by atoms with Crippen molar-refractivity contribution in [2.45, 2.75) is 25.3 Å². The monoisotopic (exact) mass is 398 g/mol. The molecule has 8 heteroatoms. The Bertz CT molecular complexity index is 1390. The van der Waals surface area contributed by atoms with E-state index in [-0.39, 0.29) is 17.1 Å². The number of H-pyrrole nitrogens is 1. The number of aromatic amines is 1. The van der Waals surface area contributed by atoms with E-state index in [1.54, 1.807) is 20.2 Å². The zero-order chi connectivity index (χ0) is 20.2. The number of sulfonamides is 1. The number of imidazole rings is 1. The molecule has 0 saturated heterocycles. The molecular weight excluding hydrogens is 376 g/mol. The average molecular weight is 398 g/mol. The van der Waals surface area contributed by atoms with Crippen LogP contribution in [0.1, 0.15) is 16.8 Å². The molecule has 0 amide bonds. The number of hydrogen-bond acceptors (Lipinski definition) is 3. The molecule has 2 heterocycles. The lowest BCUT2D eigenvalue weighted by atomic mass is 10.1. The minimum atomic E-state index is -3.71. The summed E-state index contributed by atoms with van der Waals surface area (Å²) in [5.74, 6) is 0. The Labute approximate surface area is 162 Å². The molecule has 0 fully saturated rings. The molecule has 0 aliphatic rings. The van der Waals surface area contributed by atoms with Crippen molar-refractivity contribution in [1.29, 1.82) is 0 Å².